The van der Waals surface area contributed by atoms with E-state index in [9.17, 15) is 0 Å². The molecule has 2 atom stereocenters. The van der Waals surface area contributed by atoms with Crippen LogP contribution in [0.4, 0.5) is 0 Å². The van der Waals surface area contributed by atoms with E-state index >= 15 is 0 Å². The fraction of sp³-hybridized carbons (Fsp3) is 1.00. The molecule has 0 unspecified atom stereocenters. The lowest BCUT2D eigenvalue weighted by molar-refractivity contribution is -0.212. The van der Waals surface area contributed by atoms with Crippen LogP contribution in [0.25, 0.3) is 0 Å². The molecule has 64 valence electrons. The van der Waals surface area contributed by atoms with Crippen molar-refractivity contribution in [1.29, 1.82) is 0 Å². The van der Waals surface area contributed by atoms with Gasteiger partial charge in [0.1, 0.15) is 0 Å². The zero-order chi connectivity index (χ0) is 8.06. The first-order chi connectivity index (χ1) is 5.10. The Balaban J connectivity index is 2.13. The first-order valence-corrected chi connectivity index (χ1v) is 4.46. The number of ether oxygens (including phenoxy) is 2. The van der Waals surface area contributed by atoms with E-state index in [4.69, 9.17) is 9.47 Å². The number of rotatable bonds is 0. The molecule has 0 aromatic carbocycles. The molecule has 11 heavy (non-hydrogen) atoms. The van der Waals surface area contributed by atoms with Gasteiger partial charge in [0.15, 0.2) is 5.79 Å². The Hall–Kier alpha value is -0.0800. The Bertz CT molecular complexity index is 153. The molecule has 0 N–H and O–H groups in total. The molecule has 2 saturated heterocycles. The van der Waals surface area contributed by atoms with Crippen molar-refractivity contribution < 1.29 is 9.47 Å². The summed E-state index contributed by atoms with van der Waals surface area (Å²) in [6.07, 6.45) is 3.11. The molecule has 2 nitrogen and oxygen atoms in total. The van der Waals surface area contributed by atoms with Gasteiger partial charge in [0.25, 0.3) is 0 Å². The van der Waals surface area contributed by atoms with Gasteiger partial charge in [-0.1, -0.05) is 0 Å². The van der Waals surface area contributed by atoms with Crippen molar-refractivity contribution >= 4 is 0 Å². The third-order valence-electron chi connectivity index (χ3n) is 2.84. The zero-order valence-corrected chi connectivity index (χ0v) is 7.46. The predicted octanol–water partition coefficient (Wildman–Crippen LogP) is 1.94. The highest BCUT2D eigenvalue weighted by Gasteiger charge is 2.50. The molecule has 2 heteroatoms. The maximum atomic E-state index is 5.72. The summed E-state index contributed by atoms with van der Waals surface area (Å²) < 4.78 is 11.4. The Morgan fingerprint density at radius 1 is 1.09 bits per heavy atom. The van der Waals surface area contributed by atoms with Crippen molar-refractivity contribution in [2.24, 2.45) is 5.92 Å². The van der Waals surface area contributed by atoms with Crippen molar-refractivity contribution in [2.75, 3.05) is 0 Å². The monoisotopic (exact) mass is 156 g/mol. The molecule has 0 aliphatic carbocycles. The Kier molecular flexibility index (Phi) is 1.52. The van der Waals surface area contributed by atoms with Gasteiger partial charge in [-0.15, -0.1) is 0 Å². The second-order valence-corrected chi connectivity index (χ2v) is 4.04. The van der Waals surface area contributed by atoms with E-state index < -0.39 is 0 Å². The maximum absolute atomic E-state index is 5.72. The van der Waals surface area contributed by atoms with Crippen LogP contribution in [-0.2, 0) is 9.47 Å². The summed E-state index contributed by atoms with van der Waals surface area (Å²) in [6.45, 7) is 6.32. The molecule has 0 saturated carbocycles. The van der Waals surface area contributed by atoms with Gasteiger partial charge < -0.3 is 9.47 Å². The van der Waals surface area contributed by atoms with E-state index in [2.05, 4.69) is 20.8 Å². The van der Waals surface area contributed by atoms with E-state index in [1.165, 1.54) is 12.8 Å². The summed E-state index contributed by atoms with van der Waals surface area (Å²) in [7, 11) is 0. The van der Waals surface area contributed by atoms with Crippen LogP contribution in [0.1, 0.15) is 33.6 Å². The third-order valence-corrected chi connectivity index (χ3v) is 2.84. The molecule has 0 aromatic heterocycles. The lowest BCUT2D eigenvalue weighted by atomic mass is 9.95. The van der Waals surface area contributed by atoms with Crippen molar-refractivity contribution in [3.05, 3.63) is 0 Å². The van der Waals surface area contributed by atoms with Crippen molar-refractivity contribution in [3.63, 3.8) is 0 Å². The van der Waals surface area contributed by atoms with Gasteiger partial charge in [-0.2, -0.15) is 0 Å². The SMILES string of the molecule is C[C@@H]1CC2C[C@@H](C)OC2(C)O1. The molecule has 0 bridgehead atoms. The Morgan fingerprint density at radius 2 is 1.55 bits per heavy atom. The van der Waals surface area contributed by atoms with Gasteiger partial charge in [0.2, 0.25) is 0 Å². The average Bonchev–Trinajstić information content (AvgIpc) is 2.16. The van der Waals surface area contributed by atoms with E-state index in [-0.39, 0.29) is 5.79 Å². The largest absolute Gasteiger partial charge is 0.347 e. The van der Waals surface area contributed by atoms with E-state index in [1.807, 2.05) is 0 Å². The second kappa shape index (κ2) is 2.20. The van der Waals surface area contributed by atoms with E-state index in [1.54, 1.807) is 0 Å². The summed E-state index contributed by atoms with van der Waals surface area (Å²) >= 11 is 0. The minimum atomic E-state index is -0.251. The highest BCUT2D eigenvalue weighted by atomic mass is 16.7. The molecule has 2 aliphatic rings. The summed E-state index contributed by atoms with van der Waals surface area (Å²) in [5.74, 6) is 0.381. The summed E-state index contributed by atoms with van der Waals surface area (Å²) in [5.41, 5.74) is 0. The van der Waals surface area contributed by atoms with E-state index in [0.29, 0.717) is 18.1 Å². The topological polar surface area (TPSA) is 18.5 Å². The van der Waals surface area contributed by atoms with Crippen molar-refractivity contribution in [3.8, 4) is 0 Å². The molecular weight excluding hydrogens is 140 g/mol. The van der Waals surface area contributed by atoms with Gasteiger partial charge in [-0.3, -0.25) is 0 Å². The minimum absolute atomic E-state index is 0.251. The van der Waals surface area contributed by atoms with Gasteiger partial charge in [0.05, 0.1) is 12.2 Å². The van der Waals surface area contributed by atoms with Crippen LogP contribution in [0, 0.1) is 5.92 Å². The van der Waals surface area contributed by atoms with Gasteiger partial charge in [-0.25, -0.2) is 0 Å². The predicted molar refractivity (Wildman–Crippen MR) is 42.2 cm³/mol. The normalized spacial score (nSPS) is 56.5. The van der Waals surface area contributed by atoms with Crippen LogP contribution >= 0.6 is 0 Å². The van der Waals surface area contributed by atoms with Gasteiger partial charge in [-0.05, 0) is 33.6 Å². The smallest absolute Gasteiger partial charge is 0.169 e. The lowest BCUT2D eigenvalue weighted by Crippen LogP contribution is -2.29. The molecule has 0 amide bonds. The fourth-order valence-corrected chi connectivity index (χ4v) is 2.44. The van der Waals surface area contributed by atoms with Crippen LogP contribution in [0.5, 0.6) is 0 Å². The van der Waals surface area contributed by atoms with Crippen LogP contribution < -0.4 is 0 Å². The Morgan fingerprint density at radius 3 is 1.91 bits per heavy atom. The highest BCUT2D eigenvalue weighted by Crippen LogP contribution is 2.45. The average molecular weight is 156 g/mol. The molecule has 2 rings (SSSR count). The Labute approximate surface area is 67.9 Å². The molecule has 0 spiro atoms. The second-order valence-electron chi connectivity index (χ2n) is 4.04. The third kappa shape index (κ3) is 1.09. The quantitative estimate of drug-likeness (QED) is 0.533. The summed E-state index contributed by atoms with van der Waals surface area (Å²) in [5, 5.41) is 0. The number of fused-ring (bicyclic) bond motifs is 1. The van der Waals surface area contributed by atoms with Crippen LogP contribution in [-0.4, -0.2) is 18.0 Å². The zero-order valence-electron chi connectivity index (χ0n) is 7.46. The molecule has 2 heterocycles. The molecule has 2 aliphatic heterocycles. The highest BCUT2D eigenvalue weighted by molar-refractivity contribution is 4.91. The van der Waals surface area contributed by atoms with Gasteiger partial charge in [0, 0.05) is 5.92 Å². The molecule has 0 radical (unpaired) electrons. The molecule has 0 aromatic rings. The van der Waals surface area contributed by atoms with Crippen LogP contribution in [0.15, 0.2) is 0 Å². The van der Waals surface area contributed by atoms with Crippen LogP contribution in [0.3, 0.4) is 0 Å². The molecule has 2 fully saturated rings. The fourth-order valence-electron chi connectivity index (χ4n) is 2.44. The first-order valence-electron chi connectivity index (χ1n) is 4.46. The van der Waals surface area contributed by atoms with Crippen molar-refractivity contribution in [1.82, 2.24) is 0 Å². The number of hydrogen-bond donors (Lipinski definition) is 0. The van der Waals surface area contributed by atoms with Crippen LogP contribution in [0.2, 0.25) is 0 Å². The first kappa shape index (κ1) is 7.56. The van der Waals surface area contributed by atoms with Gasteiger partial charge >= 0.3 is 0 Å². The molecular formula is C9H16O2. The summed E-state index contributed by atoms with van der Waals surface area (Å²) in [4.78, 5) is 0. The van der Waals surface area contributed by atoms with Crippen molar-refractivity contribution in [2.45, 2.75) is 51.6 Å². The number of hydrogen-bond acceptors (Lipinski definition) is 2. The minimum Gasteiger partial charge on any atom is -0.347 e. The standard InChI is InChI=1S/C9H16O2/c1-6-4-8-5-7(2)11-9(8,3)10-6/h6-8H,4-5H2,1-3H3/t6-,7-,8?,9?/m1/s1. The lowest BCUT2D eigenvalue weighted by Gasteiger charge is -2.23. The maximum Gasteiger partial charge on any atom is 0.169 e. The summed E-state index contributed by atoms with van der Waals surface area (Å²) in [6, 6.07) is 0. The van der Waals surface area contributed by atoms with E-state index in [0.717, 1.165) is 0 Å².